The number of halogens is 4. The summed E-state index contributed by atoms with van der Waals surface area (Å²) in [7, 11) is 0. The molecule has 1 saturated heterocycles. The first kappa shape index (κ1) is 22.3. The number of ether oxygens (including phenoxy) is 1. The van der Waals surface area contributed by atoms with Gasteiger partial charge in [-0.05, 0) is 42.0 Å². The Balaban J connectivity index is 2.07. The summed E-state index contributed by atoms with van der Waals surface area (Å²) in [6.45, 7) is 3.70. The van der Waals surface area contributed by atoms with Gasteiger partial charge in [-0.1, -0.05) is 24.8 Å². The van der Waals surface area contributed by atoms with Crippen molar-refractivity contribution < 1.29 is 37.0 Å². The van der Waals surface area contributed by atoms with E-state index in [0.29, 0.717) is 5.75 Å². The van der Waals surface area contributed by atoms with Crippen LogP contribution in [0.1, 0.15) is 22.0 Å². The quantitative estimate of drug-likeness (QED) is 0.366. The standard InChI is InChI=1S/C21H18F4N2O4/c1-2-11-31-15-9-5-12(6-10-15)17-16(18(28)13-3-7-14(22)8-4-13)20(30,21(23,24)25)27-19(29)26-17/h2-10,16-17,30H,1,11H2,(H2,26,27,29)/t16-,17+,20+/m1/s1. The Morgan fingerprint density at radius 2 is 1.77 bits per heavy atom. The van der Waals surface area contributed by atoms with E-state index in [2.05, 4.69) is 11.9 Å². The molecule has 0 saturated carbocycles. The van der Waals surface area contributed by atoms with Gasteiger partial charge < -0.3 is 20.5 Å². The van der Waals surface area contributed by atoms with Gasteiger partial charge in [0.1, 0.15) is 24.1 Å². The van der Waals surface area contributed by atoms with Crippen LogP contribution in [0.15, 0.2) is 61.2 Å². The molecule has 1 aliphatic heterocycles. The summed E-state index contributed by atoms with van der Waals surface area (Å²) < 4.78 is 60.1. The number of ketones is 1. The highest BCUT2D eigenvalue weighted by molar-refractivity contribution is 6.00. The summed E-state index contributed by atoms with van der Waals surface area (Å²) in [5.41, 5.74) is -3.99. The number of carbonyl (C=O) groups is 2. The third-order valence-electron chi connectivity index (χ3n) is 4.82. The van der Waals surface area contributed by atoms with E-state index in [0.717, 1.165) is 24.3 Å². The molecule has 0 aliphatic carbocycles. The molecule has 3 atom stereocenters. The number of urea groups is 1. The summed E-state index contributed by atoms with van der Waals surface area (Å²) in [5.74, 6) is -3.64. The van der Waals surface area contributed by atoms with Gasteiger partial charge in [-0.25, -0.2) is 9.18 Å². The lowest BCUT2D eigenvalue weighted by Gasteiger charge is -2.45. The maximum absolute atomic E-state index is 13.8. The van der Waals surface area contributed by atoms with Crippen molar-refractivity contribution in [1.29, 1.82) is 0 Å². The number of carbonyl (C=O) groups excluding carboxylic acids is 2. The second kappa shape index (κ2) is 8.38. The largest absolute Gasteiger partial charge is 0.490 e. The number of alkyl halides is 3. The maximum Gasteiger partial charge on any atom is 0.437 e. The van der Waals surface area contributed by atoms with Crippen molar-refractivity contribution in [3.05, 3.63) is 78.1 Å². The van der Waals surface area contributed by atoms with Crippen LogP contribution >= 0.6 is 0 Å². The fourth-order valence-corrected chi connectivity index (χ4v) is 3.34. The topological polar surface area (TPSA) is 87.7 Å². The van der Waals surface area contributed by atoms with Gasteiger partial charge in [0.2, 0.25) is 5.72 Å². The van der Waals surface area contributed by atoms with Crippen molar-refractivity contribution in [2.24, 2.45) is 5.92 Å². The average Bonchev–Trinajstić information content (AvgIpc) is 2.71. The van der Waals surface area contributed by atoms with Crippen LogP contribution in [0.25, 0.3) is 0 Å². The van der Waals surface area contributed by atoms with E-state index in [4.69, 9.17) is 4.74 Å². The minimum atomic E-state index is -5.38. The molecular weight excluding hydrogens is 420 g/mol. The number of hydrogen-bond acceptors (Lipinski definition) is 4. The van der Waals surface area contributed by atoms with Gasteiger partial charge in [-0.15, -0.1) is 0 Å². The number of nitrogens with one attached hydrogen (secondary N) is 2. The predicted octanol–water partition coefficient (Wildman–Crippen LogP) is 3.49. The molecule has 1 heterocycles. The normalized spacial score (nSPS) is 23.5. The monoisotopic (exact) mass is 438 g/mol. The van der Waals surface area contributed by atoms with Crippen LogP contribution in [0.2, 0.25) is 0 Å². The SMILES string of the molecule is C=CCOc1ccc([C@@H]2NC(=O)N[C@@](O)(C(F)(F)F)[C@H]2C(=O)c2ccc(F)cc2)cc1. The molecule has 2 aromatic carbocycles. The van der Waals surface area contributed by atoms with E-state index in [-0.39, 0.29) is 17.7 Å². The third-order valence-corrected chi connectivity index (χ3v) is 4.82. The van der Waals surface area contributed by atoms with Crippen molar-refractivity contribution in [2.75, 3.05) is 6.61 Å². The van der Waals surface area contributed by atoms with E-state index in [1.54, 1.807) is 0 Å². The zero-order valence-corrected chi connectivity index (χ0v) is 15.9. The van der Waals surface area contributed by atoms with Crippen LogP contribution in [0.4, 0.5) is 22.4 Å². The number of hydrogen-bond donors (Lipinski definition) is 3. The number of amides is 2. The Morgan fingerprint density at radius 3 is 2.32 bits per heavy atom. The first-order valence-electron chi connectivity index (χ1n) is 9.08. The molecule has 1 fully saturated rings. The smallest absolute Gasteiger partial charge is 0.437 e. The molecule has 2 aromatic rings. The molecule has 164 valence electrons. The van der Waals surface area contributed by atoms with E-state index in [1.165, 1.54) is 35.7 Å². The Kier molecular flexibility index (Phi) is 6.03. The number of rotatable bonds is 6. The summed E-state index contributed by atoms with van der Waals surface area (Å²) in [6, 6.07) is 6.63. The maximum atomic E-state index is 13.8. The Hall–Kier alpha value is -3.40. The van der Waals surface area contributed by atoms with Crippen LogP contribution in [0, 0.1) is 11.7 Å². The van der Waals surface area contributed by atoms with Crippen LogP contribution in [-0.2, 0) is 0 Å². The van der Waals surface area contributed by atoms with E-state index in [1.807, 2.05) is 0 Å². The first-order chi connectivity index (χ1) is 14.6. The predicted molar refractivity (Wildman–Crippen MR) is 102 cm³/mol. The van der Waals surface area contributed by atoms with Crippen LogP contribution in [-0.4, -0.2) is 35.4 Å². The molecule has 6 nitrogen and oxygen atoms in total. The van der Waals surface area contributed by atoms with E-state index in [9.17, 15) is 32.3 Å². The zero-order valence-electron chi connectivity index (χ0n) is 15.9. The Labute approximate surface area is 174 Å². The Morgan fingerprint density at radius 1 is 1.16 bits per heavy atom. The van der Waals surface area contributed by atoms with Gasteiger partial charge >= 0.3 is 12.2 Å². The molecule has 3 N–H and O–H groups in total. The first-order valence-corrected chi connectivity index (χ1v) is 9.08. The molecule has 0 unspecified atom stereocenters. The number of Topliss-reactive ketones (excluding diaryl/α,β-unsaturated/α-hetero) is 1. The highest BCUT2D eigenvalue weighted by atomic mass is 19.4. The molecule has 31 heavy (non-hydrogen) atoms. The lowest BCUT2D eigenvalue weighted by atomic mass is 9.77. The van der Waals surface area contributed by atoms with Crippen molar-refractivity contribution in [3.63, 3.8) is 0 Å². The van der Waals surface area contributed by atoms with Crippen LogP contribution in [0.3, 0.4) is 0 Å². The fourth-order valence-electron chi connectivity index (χ4n) is 3.34. The summed E-state index contributed by atoms with van der Waals surface area (Å²) in [5, 5.41) is 14.2. The average molecular weight is 438 g/mol. The minimum Gasteiger partial charge on any atom is -0.490 e. The van der Waals surface area contributed by atoms with Gasteiger partial charge in [-0.2, -0.15) is 13.2 Å². The van der Waals surface area contributed by atoms with Gasteiger partial charge in [0.05, 0.1) is 6.04 Å². The van der Waals surface area contributed by atoms with E-state index >= 15 is 0 Å². The van der Waals surface area contributed by atoms with Gasteiger partial charge in [0.15, 0.2) is 5.78 Å². The highest BCUT2D eigenvalue weighted by Gasteiger charge is 2.66. The van der Waals surface area contributed by atoms with Gasteiger partial charge in [0.25, 0.3) is 0 Å². The molecule has 0 radical (unpaired) electrons. The lowest BCUT2D eigenvalue weighted by Crippen LogP contribution is -2.72. The van der Waals surface area contributed by atoms with Crippen LogP contribution in [0.5, 0.6) is 5.75 Å². The van der Waals surface area contributed by atoms with Gasteiger partial charge in [0, 0.05) is 5.56 Å². The molecule has 2 amide bonds. The zero-order chi connectivity index (χ0) is 22.8. The summed E-state index contributed by atoms with van der Waals surface area (Å²) in [4.78, 5) is 25.1. The fraction of sp³-hybridized carbons (Fsp3) is 0.238. The number of aliphatic hydroxyl groups is 1. The molecule has 1 aliphatic rings. The van der Waals surface area contributed by atoms with Crippen molar-refractivity contribution in [1.82, 2.24) is 10.6 Å². The molecule has 0 aromatic heterocycles. The Bertz CT molecular complexity index is 976. The van der Waals surface area contributed by atoms with Crippen molar-refractivity contribution >= 4 is 11.8 Å². The molecule has 10 heteroatoms. The van der Waals surface area contributed by atoms with Crippen molar-refractivity contribution in [3.8, 4) is 5.75 Å². The van der Waals surface area contributed by atoms with Gasteiger partial charge in [-0.3, -0.25) is 4.79 Å². The second-order valence-corrected chi connectivity index (χ2v) is 6.86. The summed E-state index contributed by atoms with van der Waals surface area (Å²) >= 11 is 0. The summed E-state index contributed by atoms with van der Waals surface area (Å²) in [6.07, 6.45) is -3.88. The second-order valence-electron chi connectivity index (χ2n) is 6.86. The van der Waals surface area contributed by atoms with E-state index < -0.39 is 41.5 Å². The van der Waals surface area contributed by atoms with Crippen LogP contribution < -0.4 is 15.4 Å². The number of benzene rings is 2. The van der Waals surface area contributed by atoms with Crippen molar-refractivity contribution in [2.45, 2.75) is 17.9 Å². The third kappa shape index (κ3) is 4.38. The lowest BCUT2D eigenvalue weighted by molar-refractivity contribution is -0.287. The highest BCUT2D eigenvalue weighted by Crippen LogP contribution is 2.44. The molecule has 0 spiro atoms. The molecule has 0 bridgehead atoms. The molecular formula is C21H18F4N2O4. The minimum absolute atomic E-state index is 0.129. The molecule has 3 rings (SSSR count).